The molecule has 3 heterocycles. The van der Waals surface area contributed by atoms with Crippen LogP contribution in [0, 0.1) is 11.6 Å². The lowest BCUT2D eigenvalue weighted by Gasteiger charge is -2.35. The number of aromatic nitrogens is 2. The van der Waals surface area contributed by atoms with Gasteiger partial charge in [-0.15, -0.1) is 0 Å². The fraction of sp³-hybridized carbons (Fsp3) is 0.316. The topological polar surface area (TPSA) is 102 Å². The maximum atomic E-state index is 14.4. The highest BCUT2D eigenvalue weighted by atomic mass is 32.1. The Labute approximate surface area is 174 Å². The minimum atomic E-state index is -1.18. The predicted molar refractivity (Wildman–Crippen MR) is 109 cm³/mol. The van der Waals surface area contributed by atoms with E-state index >= 15 is 0 Å². The summed E-state index contributed by atoms with van der Waals surface area (Å²) in [6.07, 6.45) is 0.148. The number of hydrogen-bond acceptors (Lipinski definition) is 7. The highest BCUT2D eigenvalue weighted by Gasteiger charge is 2.25. The summed E-state index contributed by atoms with van der Waals surface area (Å²) in [6.45, 7) is 0.952. The zero-order chi connectivity index (χ0) is 21.3. The molecule has 158 valence electrons. The van der Waals surface area contributed by atoms with Crippen molar-refractivity contribution >= 4 is 38.5 Å². The van der Waals surface area contributed by atoms with E-state index in [4.69, 9.17) is 5.11 Å². The van der Waals surface area contributed by atoms with Crippen LogP contribution < -0.4 is 10.2 Å². The molecule has 1 aliphatic heterocycles. The number of piperazine rings is 1. The van der Waals surface area contributed by atoms with Gasteiger partial charge in [0, 0.05) is 44.0 Å². The van der Waals surface area contributed by atoms with Gasteiger partial charge in [0.1, 0.15) is 11.9 Å². The van der Waals surface area contributed by atoms with Gasteiger partial charge < -0.3 is 20.0 Å². The number of benzene rings is 1. The molecule has 2 aromatic heterocycles. The van der Waals surface area contributed by atoms with Crippen LogP contribution in [0.3, 0.4) is 0 Å². The van der Waals surface area contributed by atoms with Crippen LogP contribution in [0.15, 0.2) is 30.5 Å². The second kappa shape index (κ2) is 8.46. The molecular weight excluding hydrogens is 416 g/mol. The van der Waals surface area contributed by atoms with Gasteiger partial charge in [0.05, 0.1) is 16.8 Å². The van der Waals surface area contributed by atoms with E-state index in [0.29, 0.717) is 36.8 Å². The lowest BCUT2D eigenvalue weighted by molar-refractivity contribution is 0.0951. The molecule has 1 aromatic carbocycles. The van der Waals surface area contributed by atoms with Crippen molar-refractivity contribution < 1.29 is 23.8 Å². The molecule has 3 aromatic rings. The first-order valence-corrected chi connectivity index (χ1v) is 10.1. The molecule has 0 saturated carbocycles. The largest absolute Gasteiger partial charge is 0.393 e. The summed E-state index contributed by atoms with van der Waals surface area (Å²) in [5.41, 5.74) is 0.684. The minimum absolute atomic E-state index is 0.136. The van der Waals surface area contributed by atoms with Crippen molar-refractivity contribution in [1.29, 1.82) is 0 Å². The third kappa shape index (κ3) is 4.18. The fourth-order valence-corrected chi connectivity index (χ4v) is 4.05. The van der Waals surface area contributed by atoms with Gasteiger partial charge in [0.25, 0.3) is 0 Å². The summed E-state index contributed by atoms with van der Waals surface area (Å²) in [7, 11) is 0. The number of halogens is 2. The number of aliphatic hydroxyl groups excluding tert-OH is 2. The number of pyridine rings is 1. The number of urea groups is 1. The van der Waals surface area contributed by atoms with E-state index in [1.165, 1.54) is 29.7 Å². The molecule has 1 saturated heterocycles. The normalized spacial score (nSPS) is 15.5. The molecule has 0 unspecified atom stereocenters. The smallest absolute Gasteiger partial charge is 0.323 e. The Kier molecular flexibility index (Phi) is 5.75. The van der Waals surface area contributed by atoms with Gasteiger partial charge in [-0.25, -0.2) is 23.5 Å². The van der Waals surface area contributed by atoms with Crippen LogP contribution in [-0.2, 0) is 0 Å². The average molecular weight is 435 g/mol. The Hall–Kier alpha value is -2.89. The van der Waals surface area contributed by atoms with E-state index in [9.17, 15) is 18.7 Å². The Morgan fingerprint density at radius 2 is 2.00 bits per heavy atom. The zero-order valence-corrected chi connectivity index (χ0v) is 16.6. The average Bonchev–Trinajstić information content (AvgIpc) is 3.14. The maximum Gasteiger partial charge on any atom is 0.323 e. The summed E-state index contributed by atoms with van der Waals surface area (Å²) in [6, 6.07) is 5.09. The highest BCUT2D eigenvalue weighted by Crippen LogP contribution is 2.27. The van der Waals surface area contributed by atoms with Crippen molar-refractivity contribution in [1.82, 2.24) is 14.9 Å². The Bertz CT molecular complexity index is 1070. The summed E-state index contributed by atoms with van der Waals surface area (Å²) in [4.78, 5) is 24.1. The summed E-state index contributed by atoms with van der Waals surface area (Å²) >= 11 is 1.26. The van der Waals surface area contributed by atoms with E-state index in [0.717, 1.165) is 10.8 Å². The number of nitrogens with zero attached hydrogens (tertiary/aromatic N) is 4. The Balaban J connectivity index is 1.37. The summed E-state index contributed by atoms with van der Waals surface area (Å²) in [5.74, 6) is -0.849. The van der Waals surface area contributed by atoms with E-state index < -0.39 is 18.5 Å². The molecule has 3 N–H and O–H groups in total. The molecular formula is C19H19F2N5O3S. The molecule has 0 spiro atoms. The molecule has 0 bridgehead atoms. The number of fused-ring (bicyclic) bond motifs is 1. The van der Waals surface area contributed by atoms with E-state index in [1.54, 1.807) is 15.9 Å². The first-order chi connectivity index (χ1) is 14.4. The number of thiazole rings is 1. The minimum Gasteiger partial charge on any atom is -0.393 e. The first kappa shape index (κ1) is 20.4. The monoisotopic (exact) mass is 435 g/mol. The second-order valence-electron chi connectivity index (χ2n) is 6.81. The predicted octanol–water partition coefficient (Wildman–Crippen LogP) is 2.35. The van der Waals surface area contributed by atoms with Crippen LogP contribution in [0.25, 0.3) is 10.2 Å². The molecule has 30 heavy (non-hydrogen) atoms. The molecule has 1 atom stereocenters. The molecule has 1 aliphatic rings. The number of carbonyl (C=O) groups is 1. The van der Waals surface area contributed by atoms with Crippen molar-refractivity contribution in [3.63, 3.8) is 0 Å². The third-order valence-electron chi connectivity index (χ3n) is 4.83. The molecule has 4 rings (SSSR count). The van der Waals surface area contributed by atoms with Crippen molar-refractivity contribution in [2.75, 3.05) is 43.0 Å². The van der Waals surface area contributed by atoms with Crippen LogP contribution in [-0.4, -0.2) is 63.9 Å². The number of nitrogens with one attached hydrogen (secondary N) is 1. The molecule has 1 fully saturated rings. The Morgan fingerprint density at radius 3 is 2.70 bits per heavy atom. The SMILES string of the molecule is O=C(Nc1nc2cc(F)ccc2s1)N1CCN(c2ncc([C@@H](O)CO)cc2F)CC1. The van der Waals surface area contributed by atoms with Gasteiger partial charge in [-0.3, -0.25) is 5.32 Å². The van der Waals surface area contributed by atoms with Crippen molar-refractivity contribution in [3.8, 4) is 0 Å². The number of anilines is 2. The standard InChI is InChI=1S/C19H19F2N5O3S/c20-12-1-2-16-14(8-12)23-18(30-16)24-19(29)26-5-3-25(4-6-26)17-13(21)7-11(9-22-17)15(28)10-27/h1-2,7-9,15,27-28H,3-6,10H2,(H,23,24,29)/t15-/m0/s1. The lowest BCUT2D eigenvalue weighted by Crippen LogP contribution is -2.50. The van der Waals surface area contributed by atoms with E-state index in [1.807, 2.05) is 0 Å². The van der Waals surface area contributed by atoms with Gasteiger partial charge in [-0.2, -0.15) is 0 Å². The van der Waals surface area contributed by atoms with Crippen LogP contribution in [0.5, 0.6) is 0 Å². The molecule has 0 radical (unpaired) electrons. The van der Waals surface area contributed by atoms with Crippen molar-refractivity contribution in [2.24, 2.45) is 0 Å². The number of aliphatic hydroxyl groups is 2. The van der Waals surface area contributed by atoms with Gasteiger partial charge >= 0.3 is 6.03 Å². The molecule has 11 heteroatoms. The van der Waals surface area contributed by atoms with E-state index in [2.05, 4.69) is 15.3 Å². The van der Waals surface area contributed by atoms with Crippen LogP contribution in [0.4, 0.5) is 24.5 Å². The number of carbonyl (C=O) groups excluding carboxylic acids is 1. The zero-order valence-electron chi connectivity index (χ0n) is 15.8. The van der Waals surface area contributed by atoms with Gasteiger partial charge in [-0.05, 0) is 18.2 Å². The number of rotatable bonds is 4. The first-order valence-electron chi connectivity index (χ1n) is 9.26. The van der Waals surface area contributed by atoms with Gasteiger partial charge in [-0.1, -0.05) is 11.3 Å². The summed E-state index contributed by atoms with van der Waals surface area (Å²) in [5, 5.41) is 21.7. The van der Waals surface area contributed by atoms with Gasteiger partial charge in [0.2, 0.25) is 0 Å². The van der Waals surface area contributed by atoms with E-state index in [-0.39, 0.29) is 23.2 Å². The number of amides is 2. The quantitative estimate of drug-likeness (QED) is 0.582. The molecule has 8 nitrogen and oxygen atoms in total. The van der Waals surface area contributed by atoms with Gasteiger partial charge in [0.15, 0.2) is 16.8 Å². The van der Waals surface area contributed by atoms with Crippen LogP contribution in [0.1, 0.15) is 11.7 Å². The highest BCUT2D eigenvalue weighted by molar-refractivity contribution is 7.22. The van der Waals surface area contributed by atoms with Crippen LogP contribution in [0.2, 0.25) is 0 Å². The molecule has 2 amide bonds. The Morgan fingerprint density at radius 1 is 1.23 bits per heavy atom. The fourth-order valence-electron chi connectivity index (χ4n) is 3.21. The van der Waals surface area contributed by atoms with Crippen molar-refractivity contribution in [3.05, 3.63) is 47.7 Å². The van der Waals surface area contributed by atoms with Crippen LogP contribution >= 0.6 is 11.3 Å². The third-order valence-corrected chi connectivity index (χ3v) is 5.78. The summed E-state index contributed by atoms with van der Waals surface area (Å²) < 4.78 is 28.4. The number of hydrogen-bond donors (Lipinski definition) is 3. The second-order valence-corrected chi connectivity index (χ2v) is 7.84. The maximum absolute atomic E-state index is 14.4. The van der Waals surface area contributed by atoms with Crippen molar-refractivity contribution in [2.45, 2.75) is 6.10 Å². The molecule has 0 aliphatic carbocycles. The lowest BCUT2D eigenvalue weighted by atomic mass is 10.1.